The van der Waals surface area contributed by atoms with Crippen LogP contribution in [0.1, 0.15) is 35.4 Å². The highest BCUT2D eigenvalue weighted by molar-refractivity contribution is 7.10. The van der Waals surface area contributed by atoms with Gasteiger partial charge in [0.05, 0.1) is 6.04 Å². The Morgan fingerprint density at radius 1 is 1.28 bits per heavy atom. The normalized spacial score (nSPS) is 15.7. The highest BCUT2D eigenvalue weighted by Crippen LogP contribution is 2.37. The molecule has 1 aromatic heterocycles. The zero-order chi connectivity index (χ0) is 20.6. The molecule has 29 heavy (non-hydrogen) atoms. The van der Waals surface area contributed by atoms with Crippen LogP contribution in [-0.4, -0.2) is 61.6 Å². The van der Waals surface area contributed by atoms with E-state index < -0.39 is 0 Å². The van der Waals surface area contributed by atoms with Gasteiger partial charge >= 0.3 is 6.03 Å². The zero-order valence-corrected chi connectivity index (χ0v) is 17.9. The second kappa shape index (κ2) is 10.4. The Morgan fingerprint density at radius 2 is 2.07 bits per heavy atom. The Hall–Kier alpha value is -2.38. The SMILES string of the molecule is CCNC(=O)N(CCCOC)CC(=O)N1CCc2sccc2C1c1ccccc1. The van der Waals surface area contributed by atoms with Crippen molar-refractivity contribution in [3.63, 3.8) is 0 Å². The van der Waals surface area contributed by atoms with Crippen LogP contribution in [0.3, 0.4) is 0 Å². The van der Waals surface area contributed by atoms with E-state index in [0.717, 1.165) is 12.0 Å². The highest BCUT2D eigenvalue weighted by atomic mass is 32.1. The van der Waals surface area contributed by atoms with Gasteiger partial charge in [0.2, 0.25) is 5.91 Å². The number of carbonyl (C=O) groups is 2. The van der Waals surface area contributed by atoms with Crippen molar-refractivity contribution in [3.05, 3.63) is 57.8 Å². The summed E-state index contributed by atoms with van der Waals surface area (Å²) < 4.78 is 5.11. The fraction of sp³-hybridized carbons (Fsp3) is 0.455. The highest BCUT2D eigenvalue weighted by Gasteiger charge is 2.33. The number of urea groups is 1. The van der Waals surface area contributed by atoms with E-state index in [1.54, 1.807) is 23.3 Å². The third kappa shape index (κ3) is 5.16. The number of benzene rings is 1. The minimum atomic E-state index is -0.207. The number of carbonyl (C=O) groups excluding carboxylic acids is 2. The molecule has 156 valence electrons. The van der Waals surface area contributed by atoms with E-state index in [1.807, 2.05) is 30.0 Å². The summed E-state index contributed by atoms with van der Waals surface area (Å²) in [6, 6.07) is 11.9. The predicted octanol–water partition coefficient (Wildman–Crippen LogP) is 3.29. The molecule has 7 heteroatoms. The maximum absolute atomic E-state index is 13.3. The molecular weight excluding hydrogens is 386 g/mol. The Bertz CT molecular complexity index is 809. The largest absolute Gasteiger partial charge is 0.385 e. The van der Waals surface area contributed by atoms with Crippen LogP contribution in [0.15, 0.2) is 41.8 Å². The number of fused-ring (bicyclic) bond motifs is 1. The van der Waals surface area contributed by atoms with Crippen molar-refractivity contribution in [1.29, 1.82) is 0 Å². The lowest BCUT2D eigenvalue weighted by Gasteiger charge is -2.37. The van der Waals surface area contributed by atoms with Crippen LogP contribution in [-0.2, 0) is 16.0 Å². The van der Waals surface area contributed by atoms with Crippen molar-refractivity contribution in [2.45, 2.75) is 25.8 Å². The van der Waals surface area contributed by atoms with Crippen LogP contribution in [0.5, 0.6) is 0 Å². The zero-order valence-electron chi connectivity index (χ0n) is 17.1. The molecule has 1 atom stereocenters. The van der Waals surface area contributed by atoms with Crippen LogP contribution in [0, 0.1) is 0 Å². The molecule has 0 aliphatic carbocycles. The van der Waals surface area contributed by atoms with Crippen molar-refractivity contribution >= 4 is 23.3 Å². The molecule has 1 aliphatic rings. The van der Waals surface area contributed by atoms with Gasteiger partial charge in [-0.05, 0) is 42.3 Å². The lowest BCUT2D eigenvalue weighted by atomic mass is 9.93. The van der Waals surface area contributed by atoms with Gasteiger partial charge in [-0.3, -0.25) is 4.79 Å². The summed E-state index contributed by atoms with van der Waals surface area (Å²) in [5.74, 6) is -0.0284. The number of thiophene rings is 1. The summed E-state index contributed by atoms with van der Waals surface area (Å²) in [6.07, 6.45) is 1.55. The van der Waals surface area contributed by atoms with Crippen LogP contribution < -0.4 is 5.32 Å². The van der Waals surface area contributed by atoms with Crippen molar-refractivity contribution in [3.8, 4) is 0 Å². The van der Waals surface area contributed by atoms with Gasteiger partial charge < -0.3 is 19.9 Å². The van der Waals surface area contributed by atoms with Crippen molar-refractivity contribution in [2.75, 3.05) is 39.9 Å². The molecule has 0 spiro atoms. The molecule has 3 rings (SSSR count). The fourth-order valence-corrected chi connectivity index (χ4v) is 4.65. The van der Waals surface area contributed by atoms with Gasteiger partial charge in [-0.15, -0.1) is 11.3 Å². The van der Waals surface area contributed by atoms with Crippen molar-refractivity contribution in [1.82, 2.24) is 15.1 Å². The van der Waals surface area contributed by atoms with E-state index in [-0.39, 0.29) is 24.5 Å². The summed E-state index contributed by atoms with van der Waals surface area (Å²) >= 11 is 1.75. The number of amides is 3. The number of nitrogens with zero attached hydrogens (tertiary/aromatic N) is 2. The number of ether oxygens (including phenoxy) is 1. The van der Waals surface area contributed by atoms with Gasteiger partial charge in [-0.2, -0.15) is 0 Å². The number of hydrogen-bond donors (Lipinski definition) is 1. The van der Waals surface area contributed by atoms with E-state index in [2.05, 4.69) is 28.9 Å². The number of rotatable bonds is 8. The van der Waals surface area contributed by atoms with Crippen LogP contribution in [0.4, 0.5) is 4.79 Å². The Labute approximate surface area is 176 Å². The smallest absolute Gasteiger partial charge is 0.317 e. The summed E-state index contributed by atoms with van der Waals surface area (Å²) in [4.78, 5) is 30.7. The first kappa shape index (κ1) is 21.3. The maximum Gasteiger partial charge on any atom is 0.317 e. The van der Waals surface area contributed by atoms with E-state index >= 15 is 0 Å². The average molecular weight is 416 g/mol. The third-order valence-corrected chi connectivity index (χ3v) is 6.12. The van der Waals surface area contributed by atoms with E-state index in [4.69, 9.17) is 4.74 Å². The van der Waals surface area contributed by atoms with Gasteiger partial charge in [0.1, 0.15) is 6.54 Å². The Morgan fingerprint density at radius 3 is 2.79 bits per heavy atom. The number of methoxy groups -OCH3 is 1. The Balaban J connectivity index is 1.80. The van der Waals surface area contributed by atoms with E-state index in [1.165, 1.54) is 10.4 Å². The molecule has 2 heterocycles. The number of hydrogen-bond acceptors (Lipinski definition) is 4. The fourth-order valence-electron chi connectivity index (χ4n) is 3.75. The van der Waals surface area contributed by atoms with Crippen molar-refractivity contribution in [2.24, 2.45) is 0 Å². The topological polar surface area (TPSA) is 61.9 Å². The molecule has 3 amide bonds. The van der Waals surface area contributed by atoms with Crippen LogP contribution in [0.2, 0.25) is 0 Å². The van der Waals surface area contributed by atoms with Gasteiger partial charge in [-0.1, -0.05) is 30.3 Å². The molecule has 1 aromatic carbocycles. The predicted molar refractivity (Wildman–Crippen MR) is 115 cm³/mol. The van der Waals surface area contributed by atoms with Crippen molar-refractivity contribution < 1.29 is 14.3 Å². The molecule has 1 N–H and O–H groups in total. The van der Waals surface area contributed by atoms with Gasteiger partial charge in [0, 0.05) is 38.2 Å². The molecule has 1 unspecified atom stereocenters. The van der Waals surface area contributed by atoms with Crippen LogP contribution >= 0.6 is 11.3 Å². The average Bonchev–Trinajstić information content (AvgIpc) is 3.22. The second-order valence-corrected chi connectivity index (χ2v) is 8.05. The quantitative estimate of drug-likeness (QED) is 0.673. The van der Waals surface area contributed by atoms with Crippen LogP contribution in [0.25, 0.3) is 0 Å². The minimum absolute atomic E-state index is 0.0284. The molecule has 2 aromatic rings. The monoisotopic (exact) mass is 415 g/mol. The molecular formula is C22H29N3O3S. The first-order chi connectivity index (χ1) is 14.2. The van der Waals surface area contributed by atoms with Gasteiger partial charge in [0.25, 0.3) is 0 Å². The summed E-state index contributed by atoms with van der Waals surface area (Å²) in [7, 11) is 1.64. The molecule has 0 fully saturated rings. The maximum atomic E-state index is 13.3. The summed E-state index contributed by atoms with van der Waals surface area (Å²) in [5, 5.41) is 4.91. The van der Waals surface area contributed by atoms with E-state index in [9.17, 15) is 9.59 Å². The minimum Gasteiger partial charge on any atom is -0.385 e. The lowest BCUT2D eigenvalue weighted by molar-refractivity contribution is -0.134. The summed E-state index contributed by atoms with van der Waals surface area (Å²) in [6.45, 7) is 4.17. The molecule has 6 nitrogen and oxygen atoms in total. The second-order valence-electron chi connectivity index (χ2n) is 7.05. The molecule has 0 radical (unpaired) electrons. The molecule has 0 saturated heterocycles. The molecule has 0 saturated carbocycles. The lowest BCUT2D eigenvalue weighted by Crippen LogP contribution is -2.49. The van der Waals surface area contributed by atoms with Gasteiger partial charge in [-0.25, -0.2) is 4.79 Å². The third-order valence-electron chi connectivity index (χ3n) is 5.12. The molecule has 1 aliphatic heterocycles. The summed E-state index contributed by atoms with van der Waals surface area (Å²) in [5.41, 5.74) is 2.30. The van der Waals surface area contributed by atoms with E-state index in [0.29, 0.717) is 32.7 Å². The Kier molecular flexibility index (Phi) is 7.66. The first-order valence-corrected chi connectivity index (χ1v) is 11.0. The number of nitrogens with one attached hydrogen (secondary N) is 1. The molecule has 0 bridgehead atoms. The van der Waals surface area contributed by atoms with Gasteiger partial charge in [0.15, 0.2) is 0 Å². The first-order valence-electron chi connectivity index (χ1n) is 10.1. The standard InChI is InChI=1S/C22H29N3O3S/c1-3-23-22(27)24(12-7-14-28-2)16-20(26)25-13-10-19-18(11-15-29-19)21(25)17-8-5-4-6-9-17/h4-6,8-9,11,15,21H,3,7,10,12-14,16H2,1-2H3,(H,23,27).